The molecule has 3 aliphatic heterocycles. The summed E-state index contributed by atoms with van der Waals surface area (Å²) < 4.78 is 25.1. The highest BCUT2D eigenvalue weighted by molar-refractivity contribution is 6.03. The second-order valence-corrected chi connectivity index (χ2v) is 14.4. The standard InChI is InChI=1S/C32H59N3O6/c1-21(2)35-13-12-24(19-35)26-20-39-30(37)31(5,6)27(36)16-28(32(7,38-11)17-22(3)18-34(26)10)41-29-15-25(33(8)9)14-23(4)40-29/h21-26,28-29H,12-20H2,1-11H3/t22-,23-,24-,25+,26+,28-,29+,32-/m1/s1. The number of ketones is 1. The van der Waals surface area contributed by atoms with Crippen LogP contribution < -0.4 is 0 Å². The number of ether oxygens (including phenoxy) is 4. The molecule has 8 atom stereocenters. The number of methoxy groups -OCH3 is 1. The summed E-state index contributed by atoms with van der Waals surface area (Å²) >= 11 is 0. The Morgan fingerprint density at radius 1 is 1.07 bits per heavy atom. The summed E-state index contributed by atoms with van der Waals surface area (Å²) in [5.74, 6) is -0.0276. The Hall–Kier alpha value is -1.10. The van der Waals surface area contributed by atoms with E-state index in [2.05, 4.69) is 63.5 Å². The first-order valence-electron chi connectivity index (χ1n) is 15.7. The van der Waals surface area contributed by atoms with E-state index in [-0.39, 0.29) is 36.9 Å². The molecule has 9 nitrogen and oxygen atoms in total. The maximum Gasteiger partial charge on any atom is 0.319 e. The van der Waals surface area contributed by atoms with E-state index in [1.165, 1.54) is 0 Å². The molecular weight excluding hydrogens is 522 g/mol. The van der Waals surface area contributed by atoms with Crippen molar-refractivity contribution in [1.29, 1.82) is 0 Å². The third-order valence-corrected chi connectivity index (χ3v) is 10.1. The number of carbonyl (C=O) groups excluding carboxylic acids is 2. The van der Waals surface area contributed by atoms with E-state index in [1.54, 1.807) is 21.0 Å². The van der Waals surface area contributed by atoms with Crippen molar-refractivity contribution in [3.63, 3.8) is 0 Å². The van der Waals surface area contributed by atoms with E-state index >= 15 is 0 Å². The lowest BCUT2D eigenvalue weighted by atomic mass is 9.79. The summed E-state index contributed by atoms with van der Waals surface area (Å²) in [5, 5.41) is 0. The van der Waals surface area contributed by atoms with Crippen molar-refractivity contribution < 1.29 is 28.5 Å². The summed E-state index contributed by atoms with van der Waals surface area (Å²) in [4.78, 5) is 34.4. The zero-order valence-electron chi connectivity index (χ0n) is 27.8. The Morgan fingerprint density at radius 2 is 1.76 bits per heavy atom. The molecule has 238 valence electrons. The number of hydrogen-bond acceptors (Lipinski definition) is 9. The van der Waals surface area contributed by atoms with Crippen molar-refractivity contribution in [3.05, 3.63) is 0 Å². The number of nitrogens with zero attached hydrogens (tertiary/aromatic N) is 3. The lowest BCUT2D eigenvalue weighted by Gasteiger charge is -2.43. The van der Waals surface area contributed by atoms with Gasteiger partial charge < -0.3 is 28.7 Å². The topological polar surface area (TPSA) is 80.8 Å². The van der Waals surface area contributed by atoms with Crippen molar-refractivity contribution in [1.82, 2.24) is 14.7 Å². The lowest BCUT2D eigenvalue weighted by molar-refractivity contribution is -0.255. The van der Waals surface area contributed by atoms with Crippen LogP contribution in [0.5, 0.6) is 0 Å². The molecule has 0 spiro atoms. The minimum atomic E-state index is -1.30. The van der Waals surface area contributed by atoms with Crippen molar-refractivity contribution in [2.75, 3.05) is 54.5 Å². The Kier molecular flexibility index (Phi) is 11.8. The number of esters is 1. The molecular formula is C32H59N3O6. The highest BCUT2D eigenvalue weighted by atomic mass is 16.7. The molecule has 0 saturated carbocycles. The number of Topliss-reactive ketones (excluding diaryl/α,β-unsaturated/α-hetero) is 1. The second kappa shape index (κ2) is 14.1. The van der Waals surface area contributed by atoms with Crippen LogP contribution in [0.2, 0.25) is 0 Å². The summed E-state index contributed by atoms with van der Waals surface area (Å²) in [6.07, 6.45) is 2.46. The number of hydrogen-bond donors (Lipinski definition) is 0. The Labute approximate surface area is 249 Å². The van der Waals surface area contributed by atoms with Gasteiger partial charge in [-0.05, 0) is 100 Å². The molecule has 0 amide bonds. The SMILES string of the molecule is CO[C@]1(C)C[C@@H](C)CN(C)[C@H]([C@@H]2CCN(C(C)C)C2)COC(=O)C(C)(C)C(=O)C[C@H]1O[C@H]1C[C@@H](N(C)C)C[C@@H](C)O1. The Balaban J connectivity index is 1.90. The van der Waals surface area contributed by atoms with Crippen molar-refractivity contribution in [2.24, 2.45) is 17.3 Å². The van der Waals surface area contributed by atoms with Gasteiger partial charge in [0, 0.05) is 51.2 Å². The molecule has 0 N–H and O–H groups in total. The lowest BCUT2D eigenvalue weighted by Crippen LogP contribution is -2.52. The number of likely N-dealkylation sites (N-methyl/N-ethyl adjacent to an activating group) is 1. The van der Waals surface area contributed by atoms with Gasteiger partial charge >= 0.3 is 5.97 Å². The van der Waals surface area contributed by atoms with Gasteiger partial charge in [-0.2, -0.15) is 0 Å². The van der Waals surface area contributed by atoms with Gasteiger partial charge in [-0.15, -0.1) is 0 Å². The molecule has 0 aromatic rings. The quantitative estimate of drug-likeness (QED) is 0.343. The molecule has 3 rings (SSSR count). The molecule has 3 heterocycles. The fourth-order valence-corrected chi connectivity index (χ4v) is 7.00. The van der Waals surface area contributed by atoms with E-state index in [4.69, 9.17) is 18.9 Å². The fraction of sp³-hybridized carbons (Fsp3) is 0.938. The van der Waals surface area contributed by atoms with Crippen LogP contribution in [0.1, 0.15) is 80.6 Å². The Morgan fingerprint density at radius 3 is 2.34 bits per heavy atom. The van der Waals surface area contributed by atoms with Crippen LogP contribution in [-0.2, 0) is 28.5 Å². The highest BCUT2D eigenvalue weighted by Gasteiger charge is 2.47. The molecule has 0 aromatic heterocycles. The fourth-order valence-electron chi connectivity index (χ4n) is 7.00. The van der Waals surface area contributed by atoms with Gasteiger partial charge in [-0.25, -0.2) is 0 Å². The van der Waals surface area contributed by atoms with E-state index in [1.807, 2.05) is 6.92 Å². The first-order valence-corrected chi connectivity index (χ1v) is 15.7. The van der Waals surface area contributed by atoms with Crippen LogP contribution in [0, 0.1) is 17.3 Å². The molecule has 9 heteroatoms. The maximum absolute atomic E-state index is 13.8. The number of cyclic esters (lactones) is 1. The van der Waals surface area contributed by atoms with Crippen LogP contribution in [0.15, 0.2) is 0 Å². The van der Waals surface area contributed by atoms with Crippen LogP contribution in [-0.4, -0.2) is 123 Å². The molecule has 3 aliphatic rings. The van der Waals surface area contributed by atoms with Crippen molar-refractivity contribution in [3.8, 4) is 0 Å². The molecule has 0 aromatic carbocycles. The van der Waals surface area contributed by atoms with E-state index in [9.17, 15) is 9.59 Å². The first-order chi connectivity index (χ1) is 19.1. The molecule has 3 fully saturated rings. The molecule has 3 saturated heterocycles. The second-order valence-electron chi connectivity index (χ2n) is 14.4. The van der Waals surface area contributed by atoms with Crippen molar-refractivity contribution in [2.45, 2.75) is 123 Å². The van der Waals surface area contributed by atoms with Gasteiger partial charge in [0.25, 0.3) is 0 Å². The molecule has 41 heavy (non-hydrogen) atoms. The molecule has 0 unspecified atom stereocenters. The van der Waals surface area contributed by atoms with Gasteiger partial charge in [0.15, 0.2) is 12.1 Å². The third-order valence-electron chi connectivity index (χ3n) is 10.1. The van der Waals surface area contributed by atoms with E-state index in [0.717, 1.165) is 32.5 Å². The monoisotopic (exact) mass is 581 g/mol. The number of carbonyl (C=O) groups is 2. The van der Waals surface area contributed by atoms with Crippen LogP contribution in [0.25, 0.3) is 0 Å². The zero-order chi connectivity index (χ0) is 30.7. The predicted octanol–water partition coefficient (Wildman–Crippen LogP) is 3.83. The van der Waals surface area contributed by atoms with E-state index < -0.39 is 29.4 Å². The highest BCUT2D eigenvalue weighted by Crippen LogP contribution is 2.36. The summed E-state index contributed by atoms with van der Waals surface area (Å²) in [5.41, 5.74) is -2.05. The third kappa shape index (κ3) is 8.51. The van der Waals surface area contributed by atoms with Gasteiger partial charge in [0.2, 0.25) is 0 Å². The summed E-state index contributed by atoms with van der Waals surface area (Å²) in [6.45, 7) is 17.3. The zero-order valence-corrected chi connectivity index (χ0v) is 27.8. The maximum atomic E-state index is 13.8. The minimum absolute atomic E-state index is 0.0403. The summed E-state index contributed by atoms with van der Waals surface area (Å²) in [7, 11) is 7.99. The smallest absolute Gasteiger partial charge is 0.319 e. The first kappa shape index (κ1) is 34.4. The van der Waals surface area contributed by atoms with E-state index in [0.29, 0.717) is 30.8 Å². The average Bonchev–Trinajstić information content (AvgIpc) is 3.37. The largest absolute Gasteiger partial charge is 0.463 e. The summed E-state index contributed by atoms with van der Waals surface area (Å²) in [6, 6.07) is 0.889. The molecule has 0 radical (unpaired) electrons. The minimum Gasteiger partial charge on any atom is -0.463 e. The molecule has 0 bridgehead atoms. The van der Waals surface area contributed by atoms with Gasteiger partial charge in [0.05, 0.1) is 17.8 Å². The molecule has 0 aliphatic carbocycles. The normalized spacial score (nSPS) is 38.9. The predicted molar refractivity (Wildman–Crippen MR) is 161 cm³/mol. The van der Waals surface area contributed by atoms with Crippen LogP contribution in [0.3, 0.4) is 0 Å². The van der Waals surface area contributed by atoms with Gasteiger partial charge in [-0.3, -0.25) is 14.5 Å². The van der Waals surface area contributed by atoms with Crippen molar-refractivity contribution >= 4 is 11.8 Å². The van der Waals surface area contributed by atoms with Crippen LogP contribution in [0.4, 0.5) is 0 Å². The van der Waals surface area contributed by atoms with Gasteiger partial charge in [-0.1, -0.05) is 6.92 Å². The van der Waals surface area contributed by atoms with Crippen LogP contribution >= 0.6 is 0 Å². The number of rotatable bonds is 6. The average molecular weight is 582 g/mol. The van der Waals surface area contributed by atoms with Gasteiger partial charge in [0.1, 0.15) is 12.0 Å². The Bertz CT molecular complexity index is 881. The number of likely N-dealkylation sites (tertiary alicyclic amines) is 1.